The van der Waals surface area contributed by atoms with Crippen molar-refractivity contribution >= 4 is 40.3 Å². The van der Waals surface area contributed by atoms with Gasteiger partial charge in [-0.2, -0.15) is 13.2 Å². The number of hydrogen-bond acceptors (Lipinski definition) is 3. The molecule has 3 rings (SSSR count). The summed E-state index contributed by atoms with van der Waals surface area (Å²) in [7, 11) is 0. The summed E-state index contributed by atoms with van der Waals surface area (Å²) in [5.41, 5.74) is -1.13. The molecule has 33 heavy (non-hydrogen) atoms. The third kappa shape index (κ3) is 6.45. The highest BCUT2D eigenvalue weighted by molar-refractivity contribution is 6.33. The van der Waals surface area contributed by atoms with Crippen LogP contribution in [-0.4, -0.2) is 23.5 Å². The van der Waals surface area contributed by atoms with Crippen molar-refractivity contribution in [2.24, 2.45) is 4.99 Å². The van der Waals surface area contributed by atoms with Gasteiger partial charge in [0.1, 0.15) is 17.3 Å². The van der Waals surface area contributed by atoms with Crippen molar-refractivity contribution in [1.29, 1.82) is 5.41 Å². The molecule has 2 N–H and O–H groups in total. The number of alkyl halides is 3. The smallest absolute Gasteiger partial charge is 0.322 e. The number of nitrogens with one attached hydrogen (secondary N) is 2. The van der Waals surface area contributed by atoms with Crippen LogP contribution in [0.4, 0.5) is 33.3 Å². The minimum atomic E-state index is -4.83. The Morgan fingerprint density at radius 2 is 1.52 bits per heavy atom. The van der Waals surface area contributed by atoms with E-state index in [2.05, 4.69) is 10.3 Å². The van der Waals surface area contributed by atoms with Gasteiger partial charge >= 0.3 is 6.18 Å². The van der Waals surface area contributed by atoms with Crippen molar-refractivity contribution in [2.75, 3.05) is 5.32 Å². The van der Waals surface area contributed by atoms with Crippen LogP contribution < -0.4 is 5.32 Å². The number of para-hydroxylation sites is 1. The Balaban J connectivity index is 1.89. The largest absolute Gasteiger partial charge is 0.429 e. The van der Waals surface area contributed by atoms with Crippen molar-refractivity contribution in [3.8, 4) is 0 Å². The van der Waals surface area contributed by atoms with Crippen LogP contribution in [0.5, 0.6) is 0 Å². The first-order valence-electron chi connectivity index (χ1n) is 9.37. The van der Waals surface area contributed by atoms with Crippen LogP contribution in [-0.2, 0) is 0 Å². The maximum absolute atomic E-state index is 13.3. The molecule has 0 unspecified atom stereocenters. The molecule has 0 fully saturated rings. The zero-order chi connectivity index (χ0) is 24.2. The van der Waals surface area contributed by atoms with Gasteiger partial charge < -0.3 is 10.7 Å². The predicted octanol–water partition coefficient (Wildman–Crippen LogP) is 6.96. The Bertz CT molecular complexity index is 1200. The topological polar surface area (TPSA) is 65.3 Å². The Morgan fingerprint density at radius 3 is 2.09 bits per heavy atom. The van der Waals surface area contributed by atoms with Gasteiger partial charge in [0.25, 0.3) is 5.91 Å². The Kier molecular flexibility index (Phi) is 7.23. The molecule has 10 heteroatoms. The third-order valence-electron chi connectivity index (χ3n) is 4.40. The van der Waals surface area contributed by atoms with E-state index < -0.39 is 35.9 Å². The second-order valence-corrected chi connectivity index (χ2v) is 7.26. The molecule has 0 spiro atoms. The van der Waals surface area contributed by atoms with E-state index in [1.54, 1.807) is 12.1 Å². The number of carbonyl (C=O) groups is 1. The normalized spacial score (nSPS) is 11.9. The van der Waals surface area contributed by atoms with E-state index in [0.29, 0.717) is 6.07 Å². The van der Waals surface area contributed by atoms with Crippen LogP contribution in [0.15, 0.2) is 71.7 Å². The van der Waals surface area contributed by atoms with Gasteiger partial charge in [0.05, 0.1) is 16.4 Å². The fraction of sp³-hybridized carbons (Fsp3) is 0.0870. The Morgan fingerprint density at radius 1 is 0.939 bits per heavy atom. The lowest BCUT2D eigenvalue weighted by Gasteiger charge is -2.12. The van der Waals surface area contributed by atoms with E-state index in [4.69, 9.17) is 17.0 Å². The van der Waals surface area contributed by atoms with Gasteiger partial charge in [-0.25, -0.2) is 8.78 Å². The van der Waals surface area contributed by atoms with Crippen LogP contribution in [0.3, 0.4) is 0 Å². The predicted molar refractivity (Wildman–Crippen MR) is 117 cm³/mol. The molecule has 0 aromatic heterocycles. The molecule has 170 valence electrons. The highest BCUT2D eigenvalue weighted by atomic mass is 35.5. The molecule has 0 radical (unpaired) electrons. The summed E-state index contributed by atoms with van der Waals surface area (Å²) in [5.74, 6) is -2.42. The second-order valence-electron chi connectivity index (χ2n) is 6.85. The molecule has 1 amide bonds. The van der Waals surface area contributed by atoms with Crippen LogP contribution in [0.1, 0.15) is 22.3 Å². The van der Waals surface area contributed by atoms with Gasteiger partial charge in [-0.1, -0.05) is 35.9 Å². The molecule has 0 aliphatic carbocycles. The standard InChI is InChI=1S/C23H15ClF5N3O/c24-18-3-1-2-4-19(18)32-20(12-21(30)23(27,28)29)13-5-7-14(8-6-13)22(33)31-17-10-15(25)9-16(26)11-17/h1-11,30H,12H2,(H,31,33). The molecule has 0 heterocycles. The minimum Gasteiger partial charge on any atom is -0.322 e. The van der Waals surface area contributed by atoms with Crippen molar-refractivity contribution in [3.05, 3.63) is 94.5 Å². The number of halogens is 6. The van der Waals surface area contributed by atoms with Gasteiger partial charge in [-0.3, -0.25) is 9.79 Å². The first-order valence-corrected chi connectivity index (χ1v) is 9.75. The number of aliphatic imine (C=N–C) groups is 1. The van der Waals surface area contributed by atoms with Crippen molar-refractivity contribution in [3.63, 3.8) is 0 Å². The van der Waals surface area contributed by atoms with E-state index in [0.717, 1.165) is 12.1 Å². The minimum absolute atomic E-state index is 0.0791. The molecule has 0 aliphatic heterocycles. The van der Waals surface area contributed by atoms with Gasteiger partial charge in [0.2, 0.25) is 0 Å². The highest BCUT2D eigenvalue weighted by Gasteiger charge is 2.35. The zero-order valence-corrected chi connectivity index (χ0v) is 17.4. The summed E-state index contributed by atoms with van der Waals surface area (Å²) >= 11 is 6.06. The zero-order valence-electron chi connectivity index (χ0n) is 16.7. The molecular formula is C23H15ClF5N3O. The van der Waals surface area contributed by atoms with Crippen molar-refractivity contribution < 1.29 is 26.7 Å². The van der Waals surface area contributed by atoms with E-state index in [1.807, 2.05) is 0 Å². The monoisotopic (exact) mass is 479 g/mol. The summed E-state index contributed by atoms with van der Waals surface area (Å²) in [6.45, 7) is 0. The summed E-state index contributed by atoms with van der Waals surface area (Å²) in [4.78, 5) is 16.6. The van der Waals surface area contributed by atoms with E-state index in [9.17, 15) is 26.7 Å². The Hall–Kier alpha value is -3.59. The number of carbonyl (C=O) groups excluding carboxylic acids is 1. The number of rotatable bonds is 6. The lowest BCUT2D eigenvalue weighted by atomic mass is 10.0. The average molecular weight is 480 g/mol. The lowest BCUT2D eigenvalue weighted by molar-refractivity contribution is -0.0605. The number of benzene rings is 3. The van der Waals surface area contributed by atoms with Crippen LogP contribution in [0, 0.1) is 17.0 Å². The van der Waals surface area contributed by atoms with Crippen molar-refractivity contribution in [1.82, 2.24) is 0 Å². The summed E-state index contributed by atoms with van der Waals surface area (Å²) in [6.07, 6.45) is -5.65. The molecule has 0 aliphatic rings. The van der Waals surface area contributed by atoms with Crippen molar-refractivity contribution in [2.45, 2.75) is 12.6 Å². The van der Waals surface area contributed by atoms with Crippen LogP contribution >= 0.6 is 11.6 Å². The van der Waals surface area contributed by atoms with E-state index in [-0.39, 0.29) is 33.2 Å². The third-order valence-corrected chi connectivity index (χ3v) is 4.71. The molecule has 3 aromatic carbocycles. The SMILES string of the molecule is N=C(CC(=Nc1ccccc1Cl)c1ccc(C(=O)Nc2cc(F)cc(F)c2)cc1)C(F)(F)F. The highest BCUT2D eigenvalue weighted by Crippen LogP contribution is 2.27. The maximum atomic E-state index is 13.3. The van der Waals surface area contributed by atoms with Gasteiger partial charge in [0.15, 0.2) is 0 Å². The molecule has 0 atom stereocenters. The van der Waals surface area contributed by atoms with Gasteiger partial charge in [-0.15, -0.1) is 0 Å². The molecule has 0 saturated heterocycles. The molecular weight excluding hydrogens is 465 g/mol. The number of amides is 1. The summed E-state index contributed by atoms with van der Waals surface area (Å²) in [6, 6.07) is 14.2. The number of hydrogen-bond donors (Lipinski definition) is 2. The van der Waals surface area contributed by atoms with Crippen LogP contribution in [0.2, 0.25) is 5.02 Å². The number of anilines is 1. The quantitative estimate of drug-likeness (QED) is 0.291. The molecule has 4 nitrogen and oxygen atoms in total. The fourth-order valence-corrected chi connectivity index (χ4v) is 2.98. The molecule has 3 aromatic rings. The first-order chi connectivity index (χ1) is 15.5. The second kappa shape index (κ2) is 9.91. The van der Waals surface area contributed by atoms with E-state index >= 15 is 0 Å². The molecule has 0 bridgehead atoms. The Labute approximate surface area is 190 Å². The van der Waals surface area contributed by atoms with E-state index in [1.165, 1.54) is 36.4 Å². The fourth-order valence-electron chi connectivity index (χ4n) is 2.80. The maximum Gasteiger partial charge on any atom is 0.429 e. The van der Waals surface area contributed by atoms with Gasteiger partial charge in [-0.05, 0) is 42.0 Å². The summed E-state index contributed by atoms with van der Waals surface area (Å²) < 4.78 is 65.5. The summed E-state index contributed by atoms with van der Waals surface area (Å²) in [5, 5.41) is 9.90. The lowest BCUT2D eigenvalue weighted by Crippen LogP contribution is -2.25. The number of nitrogens with zero attached hydrogens (tertiary/aromatic N) is 1. The molecule has 0 saturated carbocycles. The van der Waals surface area contributed by atoms with Gasteiger partial charge in [0, 0.05) is 23.7 Å². The average Bonchev–Trinajstić information content (AvgIpc) is 2.73. The van der Waals surface area contributed by atoms with Crippen LogP contribution in [0.25, 0.3) is 0 Å². The first kappa shape index (κ1) is 24.1.